The number of nitrogens with one attached hydrogen (secondary N) is 1. The van der Waals surface area contributed by atoms with Gasteiger partial charge in [-0.1, -0.05) is 32.1 Å². The molecule has 0 aromatic heterocycles. The summed E-state index contributed by atoms with van der Waals surface area (Å²) in [5.74, 6) is 1.17. The summed E-state index contributed by atoms with van der Waals surface area (Å²) in [4.78, 5) is 25.6. The van der Waals surface area contributed by atoms with Crippen molar-refractivity contribution < 1.29 is 14.3 Å². The molecule has 1 fully saturated rings. The van der Waals surface area contributed by atoms with Gasteiger partial charge >= 0.3 is 0 Å². The number of ether oxygens (including phenoxy) is 1. The van der Waals surface area contributed by atoms with Crippen LogP contribution in [-0.2, 0) is 4.79 Å². The Hall–Kier alpha value is -2.04. The van der Waals surface area contributed by atoms with E-state index in [-0.39, 0.29) is 18.4 Å². The van der Waals surface area contributed by atoms with E-state index < -0.39 is 0 Å². The third-order valence-corrected chi connectivity index (χ3v) is 4.81. The Morgan fingerprint density at radius 1 is 1.30 bits per heavy atom. The molecule has 5 heteroatoms. The fourth-order valence-electron chi connectivity index (χ4n) is 3.38. The number of carbonyl (C=O) groups excluding carboxylic acids is 2. The fraction of sp³-hybridized carbons (Fsp3) is 0.556. The van der Waals surface area contributed by atoms with Crippen molar-refractivity contribution in [2.24, 2.45) is 5.92 Å². The van der Waals surface area contributed by atoms with Gasteiger partial charge in [0.15, 0.2) is 6.61 Å². The fourth-order valence-corrected chi connectivity index (χ4v) is 3.38. The van der Waals surface area contributed by atoms with E-state index in [1.54, 1.807) is 23.1 Å². The number of nitrogens with zero attached hydrogens (tertiary/aromatic N) is 1. The smallest absolute Gasteiger partial charge is 0.262 e. The van der Waals surface area contributed by atoms with Gasteiger partial charge in [-0.05, 0) is 30.5 Å². The molecule has 0 saturated heterocycles. The number of benzene rings is 1. The summed E-state index contributed by atoms with van der Waals surface area (Å²) in [7, 11) is 1.85. The highest BCUT2D eigenvalue weighted by Crippen LogP contribution is 2.29. The quantitative estimate of drug-likeness (QED) is 0.929. The summed E-state index contributed by atoms with van der Waals surface area (Å²) < 4.78 is 5.38. The molecule has 2 amide bonds. The predicted octanol–water partition coefficient (Wildman–Crippen LogP) is 3.06. The van der Waals surface area contributed by atoms with Crippen LogP contribution in [0, 0.1) is 5.92 Å². The molecular weight excluding hydrogens is 292 g/mol. The molecule has 1 heterocycles. The van der Waals surface area contributed by atoms with Crippen LogP contribution in [0.4, 0.5) is 5.69 Å². The Bertz CT molecular complexity index is 594. The van der Waals surface area contributed by atoms with E-state index in [1.165, 1.54) is 32.1 Å². The molecule has 1 aromatic rings. The molecule has 1 N–H and O–H groups in total. The second-order valence-corrected chi connectivity index (χ2v) is 6.57. The summed E-state index contributed by atoms with van der Waals surface area (Å²) in [6, 6.07) is 5.19. The minimum atomic E-state index is -0.166. The third-order valence-electron chi connectivity index (χ3n) is 4.81. The number of fused-ring (bicyclic) bond motifs is 1. The minimum absolute atomic E-state index is 0.00215. The van der Waals surface area contributed by atoms with Crippen LogP contribution in [0.1, 0.15) is 48.9 Å². The van der Waals surface area contributed by atoms with Gasteiger partial charge < -0.3 is 15.0 Å². The van der Waals surface area contributed by atoms with Gasteiger partial charge in [-0.3, -0.25) is 9.59 Å². The lowest BCUT2D eigenvalue weighted by atomic mass is 9.87. The lowest BCUT2D eigenvalue weighted by Gasteiger charge is -2.25. The van der Waals surface area contributed by atoms with Crippen LogP contribution in [0.3, 0.4) is 0 Å². The van der Waals surface area contributed by atoms with Crippen LogP contribution in [0.25, 0.3) is 0 Å². The molecule has 0 spiro atoms. The number of hydrogen-bond donors (Lipinski definition) is 1. The minimum Gasteiger partial charge on any atom is -0.482 e. The molecule has 3 rings (SSSR count). The van der Waals surface area contributed by atoms with Gasteiger partial charge in [0, 0.05) is 19.2 Å². The maximum absolute atomic E-state index is 12.6. The molecule has 2 aliphatic rings. The predicted molar refractivity (Wildman–Crippen MR) is 88.7 cm³/mol. The van der Waals surface area contributed by atoms with Crippen LogP contribution in [-0.4, -0.2) is 36.9 Å². The second-order valence-electron chi connectivity index (χ2n) is 6.57. The molecule has 0 bridgehead atoms. The standard InChI is InChI=1S/C18H24N2O3/c1-20(10-9-13-5-3-2-4-6-13)18(22)14-7-8-15-16(11-14)23-12-17(21)19-15/h7-8,11,13H,2-6,9-10,12H2,1H3,(H,19,21). The summed E-state index contributed by atoms with van der Waals surface area (Å²) in [6.45, 7) is 0.792. The molecule has 23 heavy (non-hydrogen) atoms. The molecule has 1 aliphatic carbocycles. The van der Waals surface area contributed by atoms with Gasteiger partial charge in [0.05, 0.1) is 5.69 Å². The monoisotopic (exact) mass is 316 g/mol. The zero-order valence-corrected chi connectivity index (χ0v) is 13.6. The van der Waals surface area contributed by atoms with Crippen LogP contribution >= 0.6 is 0 Å². The van der Waals surface area contributed by atoms with E-state index >= 15 is 0 Å². The normalized spacial score (nSPS) is 17.9. The van der Waals surface area contributed by atoms with Crippen LogP contribution in [0.15, 0.2) is 18.2 Å². The number of hydrogen-bond acceptors (Lipinski definition) is 3. The van der Waals surface area contributed by atoms with Crippen LogP contribution in [0.5, 0.6) is 5.75 Å². The van der Waals surface area contributed by atoms with Gasteiger partial charge in [-0.25, -0.2) is 0 Å². The van der Waals surface area contributed by atoms with E-state index in [0.29, 0.717) is 17.0 Å². The van der Waals surface area contributed by atoms with E-state index in [9.17, 15) is 9.59 Å². The average Bonchev–Trinajstić information content (AvgIpc) is 2.59. The molecule has 124 valence electrons. The van der Waals surface area contributed by atoms with E-state index in [0.717, 1.165) is 18.9 Å². The molecule has 0 radical (unpaired) electrons. The zero-order chi connectivity index (χ0) is 16.2. The average molecular weight is 316 g/mol. The summed E-state index contributed by atoms with van der Waals surface area (Å²) in [5.41, 5.74) is 1.23. The summed E-state index contributed by atoms with van der Waals surface area (Å²) >= 11 is 0. The number of anilines is 1. The number of carbonyl (C=O) groups is 2. The van der Waals surface area contributed by atoms with E-state index in [1.807, 2.05) is 7.05 Å². The Morgan fingerprint density at radius 3 is 2.87 bits per heavy atom. The summed E-state index contributed by atoms with van der Waals surface area (Å²) in [6.07, 6.45) is 7.70. The lowest BCUT2D eigenvalue weighted by molar-refractivity contribution is -0.118. The first kappa shape index (κ1) is 15.8. The van der Waals surface area contributed by atoms with E-state index in [2.05, 4.69) is 5.32 Å². The first-order chi connectivity index (χ1) is 11.1. The number of rotatable bonds is 4. The molecule has 1 aliphatic heterocycles. The highest BCUT2D eigenvalue weighted by Gasteiger charge is 2.20. The third kappa shape index (κ3) is 3.84. The molecule has 1 saturated carbocycles. The summed E-state index contributed by atoms with van der Waals surface area (Å²) in [5, 5.41) is 2.73. The maximum Gasteiger partial charge on any atom is 0.262 e. The topological polar surface area (TPSA) is 58.6 Å². The molecule has 5 nitrogen and oxygen atoms in total. The van der Waals surface area contributed by atoms with Crippen LogP contribution in [0.2, 0.25) is 0 Å². The second kappa shape index (κ2) is 7.02. The SMILES string of the molecule is CN(CCC1CCCCC1)C(=O)c1ccc2c(c1)OCC(=O)N2. The highest BCUT2D eigenvalue weighted by molar-refractivity contribution is 5.98. The lowest BCUT2D eigenvalue weighted by Crippen LogP contribution is -2.30. The molecule has 1 aromatic carbocycles. The van der Waals surface area contributed by atoms with Crippen molar-refractivity contribution in [3.63, 3.8) is 0 Å². The van der Waals surface area contributed by atoms with Gasteiger partial charge in [0.1, 0.15) is 5.75 Å². The zero-order valence-electron chi connectivity index (χ0n) is 13.6. The van der Waals surface area contributed by atoms with Gasteiger partial charge in [-0.2, -0.15) is 0 Å². The Labute approximate surface area is 137 Å². The first-order valence-electron chi connectivity index (χ1n) is 8.45. The molecule has 0 atom stereocenters. The highest BCUT2D eigenvalue weighted by atomic mass is 16.5. The van der Waals surface area contributed by atoms with E-state index in [4.69, 9.17) is 4.74 Å². The first-order valence-corrected chi connectivity index (χ1v) is 8.45. The Balaban J connectivity index is 1.59. The van der Waals surface area contributed by atoms with Crippen molar-refractivity contribution in [3.8, 4) is 5.75 Å². The maximum atomic E-state index is 12.6. The van der Waals surface area contributed by atoms with Crippen molar-refractivity contribution in [2.75, 3.05) is 25.5 Å². The molecular formula is C18H24N2O3. The van der Waals surface area contributed by atoms with Gasteiger partial charge in [0.25, 0.3) is 11.8 Å². The van der Waals surface area contributed by atoms with Gasteiger partial charge in [-0.15, -0.1) is 0 Å². The van der Waals surface area contributed by atoms with Crippen molar-refractivity contribution in [2.45, 2.75) is 38.5 Å². The molecule has 0 unspecified atom stereocenters. The van der Waals surface area contributed by atoms with Crippen molar-refractivity contribution >= 4 is 17.5 Å². The Kier molecular flexibility index (Phi) is 4.84. The van der Waals surface area contributed by atoms with Crippen molar-refractivity contribution in [1.82, 2.24) is 4.90 Å². The number of amides is 2. The largest absolute Gasteiger partial charge is 0.482 e. The van der Waals surface area contributed by atoms with Crippen LogP contribution < -0.4 is 10.1 Å². The van der Waals surface area contributed by atoms with Crippen molar-refractivity contribution in [1.29, 1.82) is 0 Å². The van der Waals surface area contributed by atoms with Crippen molar-refractivity contribution in [3.05, 3.63) is 23.8 Å². The Morgan fingerprint density at radius 2 is 2.09 bits per heavy atom. The van der Waals surface area contributed by atoms with Gasteiger partial charge in [0.2, 0.25) is 0 Å².